The Kier molecular flexibility index (Phi) is 6.77. The summed E-state index contributed by atoms with van der Waals surface area (Å²) in [6.07, 6.45) is -0.154. The van der Waals surface area contributed by atoms with Gasteiger partial charge in [-0.1, -0.05) is 42.5 Å². The number of nitrogens with two attached hydrogens (primary N) is 1. The number of nitrogens with one attached hydrogen (secondary N) is 1. The van der Waals surface area contributed by atoms with Gasteiger partial charge in [0.2, 0.25) is 0 Å². The van der Waals surface area contributed by atoms with Gasteiger partial charge in [-0.25, -0.2) is 0 Å². The third-order valence-electron chi connectivity index (χ3n) is 3.80. The number of carbonyl (C=O) groups is 1. The van der Waals surface area contributed by atoms with E-state index in [1.807, 2.05) is 75.4 Å². The Morgan fingerprint density at radius 2 is 1.73 bits per heavy atom. The van der Waals surface area contributed by atoms with Crippen molar-refractivity contribution < 1.29 is 14.6 Å². The van der Waals surface area contributed by atoms with Gasteiger partial charge < -0.3 is 20.9 Å². The predicted octanol–water partition coefficient (Wildman–Crippen LogP) is 3.04. The lowest BCUT2D eigenvalue weighted by Gasteiger charge is -2.22. The highest BCUT2D eigenvalue weighted by molar-refractivity contribution is 5.76. The van der Waals surface area contributed by atoms with Gasteiger partial charge in [-0.2, -0.15) is 0 Å². The third-order valence-corrected chi connectivity index (χ3v) is 3.80. The maximum Gasteiger partial charge on any atom is 0.323 e. The van der Waals surface area contributed by atoms with Gasteiger partial charge in [0.25, 0.3) is 0 Å². The summed E-state index contributed by atoms with van der Waals surface area (Å²) in [5.74, 6) is -0.398. The van der Waals surface area contributed by atoms with E-state index >= 15 is 0 Å². The van der Waals surface area contributed by atoms with Crippen molar-refractivity contribution >= 4 is 11.7 Å². The minimum Gasteiger partial charge on any atom is -0.459 e. The quantitative estimate of drug-likeness (QED) is 0.664. The van der Waals surface area contributed by atoms with Gasteiger partial charge in [-0.3, -0.25) is 4.79 Å². The van der Waals surface area contributed by atoms with E-state index in [1.54, 1.807) is 0 Å². The number of ether oxygens (including phenoxy) is 1. The molecule has 0 saturated heterocycles. The van der Waals surface area contributed by atoms with Crippen LogP contribution in [0.4, 0.5) is 5.69 Å². The van der Waals surface area contributed by atoms with Crippen LogP contribution in [0.3, 0.4) is 0 Å². The van der Waals surface area contributed by atoms with E-state index < -0.39 is 23.7 Å². The van der Waals surface area contributed by atoms with Crippen molar-refractivity contribution in [2.24, 2.45) is 5.73 Å². The van der Waals surface area contributed by atoms with Gasteiger partial charge in [-0.05, 0) is 50.5 Å². The summed E-state index contributed by atoms with van der Waals surface area (Å²) in [6, 6.07) is 16.5. The van der Waals surface area contributed by atoms with Crippen LogP contribution in [-0.4, -0.2) is 29.3 Å². The van der Waals surface area contributed by atoms with E-state index in [2.05, 4.69) is 5.32 Å². The SMILES string of the molecule is CC(C)(C)OC(=O)C(N)Cc1ccc(NC[C@H](O)c2ccccc2)cc1. The van der Waals surface area contributed by atoms with Crippen LogP contribution in [-0.2, 0) is 16.0 Å². The highest BCUT2D eigenvalue weighted by atomic mass is 16.6. The molecule has 0 radical (unpaired) electrons. The standard InChI is InChI=1S/C21H28N2O3/c1-21(2,3)26-20(25)18(22)13-15-9-11-17(12-10-15)23-14-19(24)16-7-5-4-6-8-16/h4-12,18-19,23-24H,13-14,22H2,1-3H3/t18?,19-/m0/s1. The zero-order valence-electron chi connectivity index (χ0n) is 15.6. The molecule has 5 nitrogen and oxygen atoms in total. The lowest BCUT2D eigenvalue weighted by Crippen LogP contribution is -2.38. The van der Waals surface area contributed by atoms with Crippen molar-refractivity contribution in [1.29, 1.82) is 0 Å². The molecule has 2 atom stereocenters. The van der Waals surface area contributed by atoms with Gasteiger partial charge in [-0.15, -0.1) is 0 Å². The Morgan fingerprint density at radius 1 is 1.12 bits per heavy atom. The largest absolute Gasteiger partial charge is 0.459 e. The molecule has 26 heavy (non-hydrogen) atoms. The number of hydrogen-bond donors (Lipinski definition) is 3. The van der Waals surface area contributed by atoms with Crippen LogP contribution in [0.5, 0.6) is 0 Å². The second-order valence-electron chi connectivity index (χ2n) is 7.35. The zero-order chi connectivity index (χ0) is 19.2. The molecule has 0 bridgehead atoms. The van der Waals surface area contributed by atoms with E-state index in [0.717, 1.165) is 16.8 Å². The van der Waals surface area contributed by atoms with Crippen LogP contribution >= 0.6 is 0 Å². The molecule has 0 aliphatic heterocycles. The van der Waals surface area contributed by atoms with Gasteiger partial charge in [0.15, 0.2) is 0 Å². The Hall–Kier alpha value is -2.37. The van der Waals surface area contributed by atoms with Crippen LogP contribution in [0.25, 0.3) is 0 Å². The molecule has 0 aliphatic carbocycles. The molecule has 5 heteroatoms. The molecule has 2 aromatic rings. The van der Waals surface area contributed by atoms with E-state index in [9.17, 15) is 9.90 Å². The van der Waals surface area contributed by atoms with Gasteiger partial charge in [0.05, 0.1) is 6.10 Å². The van der Waals surface area contributed by atoms with E-state index in [-0.39, 0.29) is 0 Å². The van der Waals surface area contributed by atoms with E-state index in [0.29, 0.717) is 13.0 Å². The van der Waals surface area contributed by atoms with Crippen LogP contribution in [0.1, 0.15) is 38.0 Å². The van der Waals surface area contributed by atoms with Crippen molar-refractivity contribution in [1.82, 2.24) is 0 Å². The van der Waals surface area contributed by atoms with Crippen LogP contribution in [0.15, 0.2) is 54.6 Å². The number of rotatable bonds is 7. The normalized spacial score (nSPS) is 13.7. The molecular formula is C21H28N2O3. The zero-order valence-corrected chi connectivity index (χ0v) is 15.6. The second-order valence-corrected chi connectivity index (χ2v) is 7.35. The van der Waals surface area contributed by atoms with Crippen LogP contribution < -0.4 is 11.1 Å². The lowest BCUT2D eigenvalue weighted by molar-refractivity contribution is -0.156. The van der Waals surface area contributed by atoms with Gasteiger partial charge in [0.1, 0.15) is 11.6 Å². The van der Waals surface area contributed by atoms with Crippen molar-refractivity contribution in [2.45, 2.75) is 44.9 Å². The second kappa shape index (κ2) is 8.83. The van der Waals surface area contributed by atoms with Crippen molar-refractivity contribution in [2.75, 3.05) is 11.9 Å². The summed E-state index contributed by atoms with van der Waals surface area (Å²) >= 11 is 0. The molecule has 1 unspecified atom stereocenters. The van der Waals surface area contributed by atoms with E-state index in [4.69, 9.17) is 10.5 Å². The molecule has 0 spiro atoms. The fourth-order valence-corrected chi connectivity index (χ4v) is 2.48. The molecule has 4 N–H and O–H groups in total. The Labute approximate surface area is 155 Å². The van der Waals surface area contributed by atoms with E-state index in [1.165, 1.54) is 0 Å². The molecule has 0 amide bonds. The maximum absolute atomic E-state index is 12.0. The molecule has 2 aromatic carbocycles. The maximum atomic E-state index is 12.0. The minimum absolute atomic E-state index is 0.398. The molecule has 0 heterocycles. The van der Waals surface area contributed by atoms with Crippen LogP contribution in [0, 0.1) is 0 Å². The fraction of sp³-hybridized carbons (Fsp3) is 0.381. The molecule has 140 valence electrons. The molecule has 2 rings (SSSR count). The number of anilines is 1. The summed E-state index contributed by atoms with van der Waals surface area (Å²) in [4.78, 5) is 12.0. The summed E-state index contributed by atoms with van der Waals surface area (Å²) in [6.45, 7) is 5.88. The summed E-state index contributed by atoms with van der Waals surface area (Å²) in [7, 11) is 0. The topological polar surface area (TPSA) is 84.6 Å². The fourth-order valence-electron chi connectivity index (χ4n) is 2.48. The van der Waals surface area contributed by atoms with Gasteiger partial charge >= 0.3 is 5.97 Å². The first-order chi connectivity index (χ1) is 12.2. The number of aliphatic hydroxyl groups excluding tert-OH is 1. The molecular weight excluding hydrogens is 328 g/mol. The number of aliphatic hydroxyl groups is 1. The molecule has 0 fully saturated rings. The first-order valence-corrected chi connectivity index (χ1v) is 8.79. The smallest absolute Gasteiger partial charge is 0.323 e. The average Bonchev–Trinajstić information content (AvgIpc) is 2.60. The van der Waals surface area contributed by atoms with Crippen molar-refractivity contribution in [3.05, 3.63) is 65.7 Å². The first-order valence-electron chi connectivity index (χ1n) is 8.79. The first kappa shape index (κ1) is 19.9. The highest BCUT2D eigenvalue weighted by Gasteiger charge is 2.22. The summed E-state index contributed by atoms with van der Waals surface area (Å²) in [5, 5.41) is 13.4. The number of carbonyl (C=O) groups excluding carboxylic acids is 1. The third kappa shape index (κ3) is 6.50. The number of hydrogen-bond acceptors (Lipinski definition) is 5. The Morgan fingerprint density at radius 3 is 2.31 bits per heavy atom. The number of esters is 1. The Balaban J connectivity index is 1.85. The monoisotopic (exact) mass is 356 g/mol. The summed E-state index contributed by atoms with van der Waals surface area (Å²) in [5.41, 5.74) is 8.12. The van der Waals surface area contributed by atoms with Crippen molar-refractivity contribution in [3.63, 3.8) is 0 Å². The van der Waals surface area contributed by atoms with Gasteiger partial charge in [0, 0.05) is 12.2 Å². The average molecular weight is 356 g/mol. The molecule has 0 saturated carbocycles. The molecule has 0 aliphatic rings. The summed E-state index contributed by atoms with van der Waals surface area (Å²) < 4.78 is 5.30. The minimum atomic E-state index is -0.687. The lowest BCUT2D eigenvalue weighted by atomic mass is 10.1. The van der Waals surface area contributed by atoms with Crippen LogP contribution in [0.2, 0.25) is 0 Å². The highest BCUT2D eigenvalue weighted by Crippen LogP contribution is 2.16. The predicted molar refractivity (Wildman–Crippen MR) is 104 cm³/mol. The Bertz CT molecular complexity index is 693. The molecule has 0 aromatic heterocycles. The van der Waals surface area contributed by atoms with Crippen molar-refractivity contribution in [3.8, 4) is 0 Å². The number of benzene rings is 2.